The van der Waals surface area contributed by atoms with Crippen LogP contribution < -0.4 is 14.8 Å². The number of fused-ring (bicyclic) bond motifs is 1. The number of carbonyl (C=O) groups is 1. The molecule has 6 rings (SSSR count). The van der Waals surface area contributed by atoms with Gasteiger partial charge in [-0.05, 0) is 52.3 Å². The van der Waals surface area contributed by atoms with Gasteiger partial charge in [0.25, 0.3) is 0 Å². The van der Waals surface area contributed by atoms with Crippen molar-refractivity contribution in [3.8, 4) is 22.8 Å². The highest BCUT2D eigenvalue weighted by molar-refractivity contribution is 5.99. The summed E-state index contributed by atoms with van der Waals surface area (Å²) in [5.41, 5.74) is 4.97. The summed E-state index contributed by atoms with van der Waals surface area (Å²) < 4.78 is 17.4. The van der Waals surface area contributed by atoms with Crippen LogP contribution in [0.1, 0.15) is 34.7 Å². The predicted octanol–water partition coefficient (Wildman–Crippen LogP) is 8.03. The molecule has 0 aliphatic heterocycles. The number of ether oxygens (including phenoxy) is 3. The van der Waals surface area contributed by atoms with E-state index in [1.165, 1.54) is 0 Å². The lowest BCUT2D eigenvalue weighted by Gasteiger charge is -2.39. The number of methoxy groups -OCH3 is 2. The molecule has 0 bridgehead atoms. The second-order valence-electron chi connectivity index (χ2n) is 11.8. The molecule has 0 fully saturated rings. The summed E-state index contributed by atoms with van der Waals surface area (Å²) >= 11 is 0. The first kappa shape index (κ1) is 33.4. The number of aliphatic carboxylic acids is 1. The highest BCUT2D eigenvalue weighted by atomic mass is 16.5. The van der Waals surface area contributed by atoms with Crippen molar-refractivity contribution in [3.05, 3.63) is 161 Å². The van der Waals surface area contributed by atoms with Gasteiger partial charge < -0.3 is 19.3 Å². The van der Waals surface area contributed by atoms with E-state index in [9.17, 15) is 9.90 Å². The number of aromatic nitrogens is 1. The summed E-state index contributed by atoms with van der Waals surface area (Å²) in [5.74, 6) is 0.263. The topological polar surface area (TPSA) is 89.9 Å². The lowest BCUT2D eigenvalue weighted by atomic mass is 9.76. The Balaban J connectivity index is 1.47. The van der Waals surface area contributed by atoms with Crippen LogP contribution in [0.25, 0.3) is 22.0 Å². The molecule has 0 saturated carbocycles. The first-order valence-electron chi connectivity index (χ1n) is 16.4. The van der Waals surface area contributed by atoms with Crippen molar-refractivity contribution in [1.29, 1.82) is 0 Å². The molecule has 0 spiro atoms. The van der Waals surface area contributed by atoms with E-state index in [1.807, 2.05) is 134 Å². The summed E-state index contributed by atoms with van der Waals surface area (Å²) in [6.07, 6.45) is 1.95. The smallest absolute Gasteiger partial charge is 0.321 e. The fourth-order valence-corrected chi connectivity index (χ4v) is 6.61. The number of benzene rings is 5. The molecule has 0 saturated heterocycles. The molecule has 49 heavy (non-hydrogen) atoms. The minimum Gasteiger partial charge on any atom is -0.496 e. The molecule has 0 radical (unpaired) electrons. The van der Waals surface area contributed by atoms with Gasteiger partial charge in [-0.2, -0.15) is 0 Å². The number of rotatable bonds is 14. The van der Waals surface area contributed by atoms with Crippen LogP contribution in [0.3, 0.4) is 0 Å². The Morgan fingerprint density at radius 1 is 0.755 bits per heavy atom. The van der Waals surface area contributed by atoms with Crippen molar-refractivity contribution >= 4 is 16.7 Å². The van der Waals surface area contributed by atoms with Crippen molar-refractivity contribution < 1.29 is 24.1 Å². The van der Waals surface area contributed by atoms with Gasteiger partial charge in [0.2, 0.25) is 0 Å². The van der Waals surface area contributed by atoms with Crippen LogP contribution in [-0.2, 0) is 28.1 Å². The molecule has 6 aromatic rings. The zero-order valence-corrected chi connectivity index (χ0v) is 27.9. The van der Waals surface area contributed by atoms with Gasteiger partial charge in [0.15, 0.2) is 0 Å². The van der Waals surface area contributed by atoms with Gasteiger partial charge >= 0.3 is 5.97 Å². The SMILES string of the molecule is CCOCc1cc(OC)c(-c2ncc(CC(NC(c3ccccc3)(c3ccccc3)c3ccccc3)C(=O)O)c3ccccc23)c(OC)c1. The Hall–Kier alpha value is -5.50. The van der Waals surface area contributed by atoms with Gasteiger partial charge in [-0.25, -0.2) is 0 Å². The lowest BCUT2D eigenvalue weighted by Crippen LogP contribution is -2.53. The third-order valence-corrected chi connectivity index (χ3v) is 8.89. The third kappa shape index (κ3) is 6.77. The Morgan fingerprint density at radius 2 is 1.24 bits per heavy atom. The van der Waals surface area contributed by atoms with Gasteiger partial charge in [0.1, 0.15) is 17.5 Å². The summed E-state index contributed by atoms with van der Waals surface area (Å²) in [6, 6.07) is 40.9. The molecule has 0 aliphatic rings. The number of carboxylic acids is 1. The van der Waals surface area contributed by atoms with Crippen LogP contribution in [0.15, 0.2) is 134 Å². The quantitative estimate of drug-likeness (QED) is 0.115. The van der Waals surface area contributed by atoms with E-state index >= 15 is 0 Å². The first-order valence-corrected chi connectivity index (χ1v) is 16.4. The lowest BCUT2D eigenvalue weighted by molar-refractivity contribution is -0.139. The minimum absolute atomic E-state index is 0.180. The van der Waals surface area contributed by atoms with Gasteiger partial charge in [-0.1, -0.05) is 115 Å². The van der Waals surface area contributed by atoms with Crippen molar-refractivity contribution in [2.75, 3.05) is 20.8 Å². The summed E-state index contributed by atoms with van der Waals surface area (Å²) in [6.45, 7) is 2.97. The number of nitrogens with one attached hydrogen (secondary N) is 1. The Kier molecular flexibility index (Phi) is 10.3. The molecular weight excluding hydrogens is 612 g/mol. The normalized spacial score (nSPS) is 12.1. The highest BCUT2D eigenvalue weighted by Gasteiger charge is 2.40. The Bertz CT molecular complexity index is 1890. The van der Waals surface area contributed by atoms with E-state index in [0.29, 0.717) is 30.4 Å². The molecule has 248 valence electrons. The molecule has 7 heteroatoms. The van der Waals surface area contributed by atoms with Gasteiger partial charge in [-0.3, -0.25) is 15.1 Å². The number of carboxylic acid groups (broad SMARTS) is 1. The molecule has 2 N–H and O–H groups in total. The number of pyridine rings is 1. The summed E-state index contributed by atoms with van der Waals surface area (Å²) in [5, 5.41) is 16.3. The molecule has 1 heterocycles. The maximum Gasteiger partial charge on any atom is 0.321 e. The molecule has 5 aromatic carbocycles. The van der Waals surface area contributed by atoms with Crippen molar-refractivity contribution in [3.63, 3.8) is 0 Å². The fourth-order valence-electron chi connectivity index (χ4n) is 6.61. The Labute approximate surface area is 287 Å². The van der Waals surface area contributed by atoms with Crippen LogP contribution in [0.2, 0.25) is 0 Å². The van der Waals surface area contributed by atoms with E-state index in [1.54, 1.807) is 20.4 Å². The van der Waals surface area contributed by atoms with Crippen LogP contribution in [0.5, 0.6) is 11.5 Å². The average Bonchev–Trinajstić information content (AvgIpc) is 3.16. The maximum atomic E-state index is 13.2. The second-order valence-corrected chi connectivity index (χ2v) is 11.8. The molecular formula is C42H40N2O5. The van der Waals surface area contributed by atoms with Crippen molar-refractivity contribution in [2.45, 2.75) is 31.5 Å². The predicted molar refractivity (Wildman–Crippen MR) is 193 cm³/mol. The zero-order chi connectivity index (χ0) is 34.2. The van der Waals surface area contributed by atoms with Crippen LogP contribution in [0, 0.1) is 0 Å². The third-order valence-electron chi connectivity index (χ3n) is 8.89. The fraction of sp³-hybridized carbons (Fsp3) is 0.190. The molecule has 0 aliphatic carbocycles. The van der Waals surface area contributed by atoms with E-state index < -0.39 is 17.6 Å². The van der Waals surface area contributed by atoms with Crippen LogP contribution >= 0.6 is 0 Å². The minimum atomic E-state index is -0.987. The van der Waals surface area contributed by atoms with Crippen LogP contribution in [0.4, 0.5) is 0 Å². The van der Waals surface area contributed by atoms with Crippen molar-refractivity contribution in [2.24, 2.45) is 0 Å². The van der Waals surface area contributed by atoms with Crippen molar-refractivity contribution in [1.82, 2.24) is 10.3 Å². The second kappa shape index (κ2) is 15.2. The highest BCUT2D eigenvalue weighted by Crippen LogP contribution is 2.43. The largest absolute Gasteiger partial charge is 0.496 e. The number of hydrogen-bond acceptors (Lipinski definition) is 6. The Morgan fingerprint density at radius 3 is 1.71 bits per heavy atom. The number of nitrogens with zero attached hydrogens (tertiary/aromatic N) is 1. The average molecular weight is 653 g/mol. The summed E-state index contributed by atoms with van der Waals surface area (Å²) in [4.78, 5) is 18.2. The van der Waals surface area contributed by atoms with Gasteiger partial charge in [0.05, 0.1) is 37.6 Å². The zero-order valence-electron chi connectivity index (χ0n) is 27.9. The molecule has 0 amide bonds. The van der Waals surface area contributed by atoms with Crippen LogP contribution in [-0.4, -0.2) is 42.9 Å². The monoisotopic (exact) mass is 652 g/mol. The molecule has 1 atom stereocenters. The van der Waals surface area contributed by atoms with E-state index in [2.05, 4.69) is 5.32 Å². The van der Waals surface area contributed by atoms with E-state index in [-0.39, 0.29) is 6.42 Å². The first-order chi connectivity index (χ1) is 24.0. The van der Waals surface area contributed by atoms with Gasteiger partial charge in [-0.15, -0.1) is 0 Å². The molecule has 7 nitrogen and oxygen atoms in total. The van der Waals surface area contributed by atoms with Gasteiger partial charge in [0, 0.05) is 24.6 Å². The summed E-state index contributed by atoms with van der Waals surface area (Å²) in [7, 11) is 3.25. The van der Waals surface area contributed by atoms with E-state index in [4.69, 9.17) is 19.2 Å². The molecule has 1 aromatic heterocycles. The maximum absolute atomic E-state index is 13.2. The number of hydrogen-bond donors (Lipinski definition) is 2. The molecule has 1 unspecified atom stereocenters. The standard InChI is InChI=1S/C42H40N2O5/c1-4-49-28-29-24-37(47-2)39(38(25-29)48-3)40-35-23-15-14-22-34(35)30(27-43-40)26-36(41(45)46)44-42(31-16-8-5-9-17-31,32-18-10-6-11-19-32)33-20-12-7-13-21-33/h5-25,27,36,44H,4,26,28H2,1-3H3,(H,45,46). The van der Waals surface area contributed by atoms with E-state index in [0.717, 1.165) is 44.2 Å².